The maximum atomic E-state index is 15.8. The zero-order valence-electron chi connectivity index (χ0n) is 26.3. The fourth-order valence-corrected chi connectivity index (χ4v) is 6.74. The van der Waals surface area contributed by atoms with Crippen molar-refractivity contribution in [3.63, 3.8) is 0 Å². The number of hydrogen-bond donors (Lipinski definition) is 1. The van der Waals surface area contributed by atoms with Gasteiger partial charge in [0, 0.05) is 42.1 Å². The fraction of sp³-hybridized carbons (Fsp3) is 0.353. The predicted molar refractivity (Wildman–Crippen MR) is 173 cm³/mol. The number of hydrogen-bond acceptors (Lipinski definition) is 8. The van der Waals surface area contributed by atoms with Gasteiger partial charge in [-0.05, 0) is 86.6 Å². The molecular weight excluding hydrogens is 637 g/mol. The van der Waals surface area contributed by atoms with E-state index >= 15 is 8.78 Å². The van der Waals surface area contributed by atoms with E-state index in [2.05, 4.69) is 15.3 Å². The highest BCUT2D eigenvalue weighted by Gasteiger charge is 2.35. The SMILES string of the molecule is CN[C@]1(CCc2cccc(C(F)(F)F)c2)CCCN(c2cc(F)c(SN(Cc3ccc(OC)cc3OC)c3ccncn3)c(F)c2)C1. The van der Waals surface area contributed by atoms with Gasteiger partial charge in [0.05, 0.1) is 26.3 Å². The van der Waals surface area contributed by atoms with E-state index < -0.39 is 28.9 Å². The lowest BCUT2D eigenvalue weighted by molar-refractivity contribution is -0.137. The van der Waals surface area contributed by atoms with Crippen molar-refractivity contribution < 1.29 is 31.4 Å². The van der Waals surface area contributed by atoms with Gasteiger partial charge in [-0.2, -0.15) is 13.2 Å². The number of rotatable bonds is 12. The van der Waals surface area contributed by atoms with Gasteiger partial charge in [-0.15, -0.1) is 0 Å². The number of benzene rings is 3. The van der Waals surface area contributed by atoms with Gasteiger partial charge >= 0.3 is 6.18 Å². The molecule has 5 rings (SSSR count). The molecule has 1 aromatic heterocycles. The summed E-state index contributed by atoms with van der Waals surface area (Å²) in [6.07, 6.45) is 1.01. The van der Waals surface area contributed by atoms with Gasteiger partial charge in [0.2, 0.25) is 0 Å². The van der Waals surface area contributed by atoms with E-state index in [1.54, 1.807) is 41.9 Å². The summed E-state index contributed by atoms with van der Waals surface area (Å²) >= 11 is 0.883. The molecule has 47 heavy (non-hydrogen) atoms. The number of aryl methyl sites for hydroxylation is 1. The Balaban J connectivity index is 1.35. The van der Waals surface area contributed by atoms with Gasteiger partial charge in [0.25, 0.3) is 0 Å². The molecule has 4 aromatic rings. The normalized spacial score (nSPS) is 16.6. The van der Waals surface area contributed by atoms with Crippen LogP contribution in [0.5, 0.6) is 11.5 Å². The molecule has 0 saturated carbocycles. The van der Waals surface area contributed by atoms with E-state index in [0.717, 1.165) is 36.4 Å². The van der Waals surface area contributed by atoms with Crippen LogP contribution in [0.4, 0.5) is 33.5 Å². The molecule has 0 unspecified atom stereocenters. The van der Waals surface area contributed by atoms with Crippen LogP contribution in [-0.2, 0) is 19.1 Å². The number of nitrogens with one attached hydrogen (secondary N) is 1. The Morgan fingerprint density at radius 2 is 1.81 bits per heavy atom. The summed E-state index contributed by atoms with van der Waals surface area (Å²) in [5.41, 5.74) is 0.607. The quantitative estimate of drug-likeness (QED) is 0.121. The van der Waals surface area contributed by atoms with Crippen LogP contribution in [0, 0.1) is 11.6 Å². The van der Waals surface area contributed by atoms with Gasteiger partial charge in [-0.1, -0.05) is 18.2 Å². The zero-order valence-corrected chi connectivity index (χ0v) is 27.1. The van der Waals surface area contributed by atoms with Crippen molar-refractivity contribution in [2.24, 2.45) is 0 Å². The van der Waals surface area contributed by atoms with Crippen molar-refractivity contribution in [2.75, 3.05) is 43.6 Å². The second kappa shape index (κ2) is 14.8. The Kier molecular flexibility index (Phi) is 10.8. The van der Waals surface area contributed by atoms with Gasteiger partial charge in [-0.25, -0.2) is 18.7 Å². The number of likely N-dealkylation sites (N-methyl/N-ethyl adjacent to an activating group) is 1. The molecule has 0 aliphatic carbocycles. The third-order valence-electron chi connectivity index (χ3n) is 8.43. The first-order valence-corrected chi connectivity index (χ1v) is 15.8. The van der Waals surface area contributed by atoms with E-state index in [-0.39, 0.29) is 11.4 Å². The number of nitrogens with zero attached hydrogens (tertiary/aromatic N) is 4. The van der Waals surface area contributed by atoms with Gasteiger partial charge < -0.3 is 19.7 Å². The van der Waals surface area contributed by atoms with Crippen molar-refractivity contribution in [1.29, 1.82) is 0 Å². The lowest BCUT2D eigenvalue weighted by atomic mass is 9.83. The molecule has 0 radical (unpaired) electrons. The molecule has 1 aliphatic heterocycles. The Morgan fingerprint density at radius 3 is 2.47 bits per heavy atom. The minimum absolute atomic E-state index is 0.193. The molecule has 7 nitrogen and oxygen atoms in total. The van der Waals surface area contributed by atoms with E-state index in [1.807, 2.05) is 18.0 Å². The number of piperidine rings is 1. The first-order chi connectivity index (χ1) is 22.5. The largest absolute Gasteiger partial charge is 0.497 e. The molecule has 0 amide bonds. The first-order valence-electron chi connectivity index (χ1n) is 15.1. The summed E-state index contributed by atoms with van der Waals surface area (Å²) in [7, 11) is 4.90. The Morgan fingerprint density at radius 1 is 1.02 bits per heavy atom. The molecule has 13 heteroatoms. The molecule has 1 atom stereocenters. The van der Waals surface area contributed by atoms with Crippen LogP contribution in [0.15, 0.2) is 78.1 Å². The number of ether oxygens (including phenoxy) is 2. The first kappa shape index (κ1) is 34.2. The van der Waals surface area contributed by atoms with Crippen LogP contribution in [0.2, 0.25) is 0 Å². The lowest BCUT2D eigenvalue weighted by Gasteiger charge is -2.44. The van der Waals surface area contributed by atoms with Crippen molar-refractivity contribution in [2.45, 2.75) is 48.8 Å². The van der Waals surface area contributed by atoms with E-state index in [1.165, 1.54) is 37.7 Å². The molecular formula is C34H36F5N5O2S. The van der Waals surface area contributed by atoms with Gasteiger partial charge in [0.1, 0.15) is 40.2 Å². The summed E-state index contributed by atoms with van der Waals surface area (Å²) in [6, 6.07) is 15.0. The molecule has 0 spiro atoms. The second-order valence-corrected chi connectivity index (χ2v) is 12.4. The van der Waals surface area contributed by atoms with Crippen LogP contribution in [0.25, 0.3) is 0 Å². The minimum atomic E-state index is -4.41. The molecule has 1 N–H and O–H groups in total. The van der Waals surface area contributed by atoms with Crippen LogP contribution in [0.1, 0.15) is 36.0 Å². The Bertz CT molecular complexity index is 1640. The number of alkyl halides is 3. The second-order valence-electron chi connectivity index (χ2n) is 11.4. The molecule has 1 aliphatic rings. The number of aromatic nitrogens is 2. The van der Waals surface area contributed by atoms with Crippen molar-refractivity contribution in [3.05, 3.63) is 102 Å². The Labute approximate surface area is 275 Å². The van der Waals surface area contributed by atoms with Crippen LogP contribution in [0.3, 0.4) is 0 Å². The highest BCUT2D eigenvalue weighted by Crippen LogP contribution is 2.38. The number of methoxy groups -OCH3 is 2. The maximum absolute atomic E-state index is 15.8. The fourth-order valence-electron chi connectivity index (χ4n) is 5.83. The van der Waals surface area contributed by atoms with Crippen LogP contribution < -0.4 is 24.0 Å². The standard InChI is InChI=1S/C34H36F5N5O2S/c1-40-33(13-10-23-6-4-7-25(16-23)34(37,38)39)12-5-15-43(21-33)26-17-28(35)32(29(36)18-26)47-44(31-11-14-41-22-42-31)20-24-8-9-27(45-2)19-30(24)46-3/h4,6-9,11,14,16-19,22,40H,5,10,12-13,15,20-21H2,1-3H3/t33-/m0/s1. The van der Waals surface area contributed by atoms with Crippen molar-refractivity contribution in [1.82, 2.24) is 15.3 Å². The molecule has 250 valence electrons. The van der Waals surface area contributed by atoms with Crippen molar-refractivity contribution in [3.8, 4) is 11.5 Å². The summed E-state index contributed by atoms with van der Waals surface area (Å²) < 4.78 is 83.9. The highest BCUT2D eigenvalue weighted by atomic mass is 32.2. The predicted octanol–water partition coefficient (Wildman–Crippen LogP) is 7.70. The van der Waals surface area contributed by atoms with E-state index in [9.17, 15) is 13.2 Å². The monoisotopic (exact) mass is 673 g/mol. The third kappa shape index (κ3) is 8.25. The maximum Gasteiger partial charge on any atom is 0.416 e. The van der Waals surface area contributed by atoms with E-state index in [0.29, 0.717) is 54.5 Å². The smallest absolute Gasteiger partial charge is 0.416 e. The third-order valence-corrected chi connectivity index (χ3v) is 9.54. The Hall–Kier alpha value is -4.10. The average molecular weight is 674 g/mol. The number of anilines is 2. The molecule has 2 heterocycles. The average Bonchev–Trinajstić information content (AvgIpc) is 3.08. The summed E-state index contributed by atoms with van der Waals surface area (Å²) in [6.45, 7) is 1.24. The molecule has 1 saturated heterocycles. The van der Waals surface area contributed by atoms with Crippen molar-refractivity contribution >= 4 is 23.5 Å². The van der Waals surface area contributed by atoms with Crippen LogP contribution >= 0.6 is 11.9 Å². The van der Waals surface area contributed by atoms with Gasteiger partial charge in [0.15, 0.2) is 0 Å². The van der Waals surface area contributed by atoms with Gasteiger partial charge in [-0.3, -0.25) is 4.31 Å². The number of halogens is 5. The summed E-state index contributed by atoms with van der Waals surface area (Å²) in [5, 5.41) is 3.36. The topological polar surface area (TPSA) is 62.8 Å². The van der Waals surface area contributed by atoms with E-state index in [4.69, 9.17) is 9.47 Å². The highest BCUT2D eigenvalue weighted by molar-refractivity contribution is 8.00. The zero-order chi connectivity index (χ0) is 33.6. The lowest BCUT2D eigenvalue weighted by Crippen LogP contribution is -2.56. The minimum Gasteiger partial charge on any atom is -0.497 e. The molecule has 1 fully saturated rings. The summed E-state index contributed by atoms with van der Waals surface area (Å²) in [4.78, 5) is 10.0. The molecule has 0 bridgehead atoms. The summed E-state index contributed by atoms with van der Waals surface area (Å²) in [5.74, 6) is 0.147. The molecule has 3 aromatic carbocycles. The van der Waals surface area contributed by atoms with Crippen LogP contribution in [-0.4, -0.2) is 49.9 Å².